The van der Waals surface area contributed by atoms with E-state index in [1.54, 1.807) is 0 Å². The first kappa shape index (κ1) is 19.7. The molecule has 0 bridgehead atoms. The number of aromatic nitrogens is 1. The average molecular weight is 487 g/mol. The Morgan fingerprint density at radius 1 is 0.686 bits per heavy atom. The van der Waals surface area contributed by atoms with Crippen LogP contribution in [0.4, 0.5) is 0 Å². The van der Waals surface area contributed by atoms with Gasteiger partial charge in [-0.15, -0.1) is 22.7 Å². The molecule has 0 spiro atoms. The number of nitrogens with zero attached hydrogens (tertiary/aromatic N) is 1. The highest BCUT2D eigenvalue weighted by atomic mass is 32.1. The van der Waals surface area contributed by atoms with Crippen LogP contribution in [0.3, 0.4) is 0 Å². The molecule has 0 fully saturated rings. The predicted molar refractivity (Wildman–Crippen MR) is 155 cm³/mol. The number of rotatable bonds is 3. The highest BCUT2D eigenvalue weighted by molar-refractivity contribution is 7.28. The molecule has 3 heteroatoms. The summed E-state index contributed by atoms with van der Waals surface area (Å²) in [6.07, 6.45) is 1.85. The minimum Gasteiger partial charge on any atom is -0.256 e. The van der Waals surface area contributed by atoms with Crippen LogP contribution in [0.5, 0.6) is 0 Å². The third kappa shape index (κ3) is 3.30. The van der Waals surface area contributed by atoms with Gasteiger partial charge in [0.15, 0.2) is 0 Å². The van der Waals surface area contributed by atoms with Gasteiger partial charge in [-0.2, -0.15) is 0 Å². The number of hydrogen-bond acceptors (Lipinski definition) is 3. The van der Waals surface area contributed by atoms with Gasteiger partial charge in [0.2, 0.25) is 0 Å². The number of hydrogen-bond donors (Lipinski definition) is 0. The van der Waals surface area contributed by atoms with E-state index in [0.717, 1.165) is 16.8 Å². The summed E-state index contributed by atoms with van der Waals surface area (Å²) >= 11 is 3.70. The first-order chi connectivity index (χ1) is 17.5. The van der Waals surface area contributed by atoms with Crippen LogP contribution in [-0.2, 0) is 0 Å². The van der Waals surface area contributed by atoms with E-state index in [9.17, 15) is 0 Å². The van der Waals surface area contributed by atoms with Crippen molar-refractivity contribution in [1.82, 2.24) is 4.98 Å². The van der Waals surface area contributed by atoms with Crippen molar-refractivity contribution in [3.05, 3.63) is 103 Å². The molecule has 0 aliphatic carbocycles. The maximum absolute atomic E-state index is 8.57. The highest BCUT2D eigenvalue weighted by Crippen LogP contribution is 2.48. The summed E-state index contributed by atoms with van der Waals surface area (Å²) in [6.45, 7) is 3.86. The minimum atomic E-state index is -0.677. The molecule has 0 unspecified atom stereocenters. The van der Waals surface area contributed by atoms with Crippen LogP contribution in [0, 0.1) is 0 Å². The van der Waals surface area contributed by atoms with Crippen LogP contribution < -0.4 is 0 Å². The summed E-state index contributed by atoms with van der Waals surface area (Å²) in [4.78, 5) is 4.80. The number of pyridine rings is 1. The molecule has 168 valence electrons. The van der Waals surface area contributed by atoms with Gasteiger partial charge in [0.05, 0.1) is 5.69 Å². The van der Waals surface area contributed by atoms with E-state index >= 15 is 0 Å². The van der Waals surface area contributed by atoms with Crippen LogP contribution in [0.25, 0.3) is 62.7 Å². The smallest absolute Gasteiger partial charge is 0.0719 e. The molecule has 3 aromatic heterocycles. The topological polar surface area (TPSA) is 12.9 Å². The second-order valence-electron chi connectivity index (χ2n) is 9.21. The Morgan fingerprint density at radius 2 is 1.49 bits per heavy atom. The number of thiophene rings is 2. The first-order valence-electron chi connectivity index (χ1n) is 12.3. The molecule has 1 nitrogen and oxygen atoms in total. The summed E-state index contributed by atoms with van der Waals surface area (Å²) < 4.78 is 13.7. The lowest BCUT2D eigenvalue weighted by atomic mass is 9.97. The summed E-state index contributed by atoms with van der Waals surface area (Å²) in [6, 6.07) is 32.6. The number of fused-ring (bicyclic) bond motifs is 7. The summed E-state index contributed by atoms with van der Waals surface area (Å²) in [7, 11) is 0. The minimum absolute atomic E-state index is 0.677. The Labute approximate surface area is 213 Å². The van der Waals surface area contributed by atoms with Crippen molar-refractivity contribution in [3.8, 4) is 22.4 Å². The lowest BCUT2D eigenvalue weighted by molar-refractivity contribution is 0.864. The van der Waals surface area contributed by atoms with Crippen molar-refractivity contribution >= 4 is 63.0 Å². The van der Waals surface area contributed by atoms with Gasteiger partial charge in [-0.25, -0.2) is 0 Å². The van der Waals surface area contributed by atoms with Crippen molar-refractivity contribution in [2.45, 2.75) is 19.7 Å². The molecule has 0 atom stereocenters. The molecule has 35 heavy (non-hydrogen) atoms. The third-order valence-corrected chi connectivity index (χ3v) is 9.11. The van der Waals surface area contributed by atoms with Crippen LogP contribution in [-0.4, -0.2) is 4.98 Å². The standard InChI is InChI=1S/C32H23NS2/c1-19(2)21-14-15-33-26(16-21)25-18-29-30(23-10-6-7-11-27(23)34-29)31-24-13-12-22(17-28(24)35-32(25)31)20-8-4-3-5-9-20/h3-19H,1-2H3/i19D. The molecular weight excluding hydrogens is 462 g/mol. The predicted octanol–water partition coefficient (Wildman–Crippen LogP) is 10.3. The molecular formula is C32H23NS2. The Kier molecular flexibility index (Phi) is 4.52. The van der Waals surface area contributed by atoms with E-state index in [0.29, 0.717) is 0 Å². The van der Waals surface area contributed by atoms with Gasteiger partial charge in [0.25, 0.3) is 0 Å². The molecule has 7 rings (SSSR count). The zero-order valence-corrected chi connectivity index (χ0v) is 21.1. The van der Waals surface area contributed by atoms with E-state index < -0.39 is 5.89 Å². The fourth-order valence-electron chi connectivity index (χ4n) is 5.04. The van der Waals surface area contributed by atoms with Gasteiger partial charge in [-0.3, -0.25) is 4.98 Å². The van der Waals surface area contributed by atoms with E-state index in [-0.39, 0.29) is 0 Å². The average Bonchev–Trinajstić information content (AvgIpc) is 3.46. The van der Waals surface area contributed by atoms with Crippen LogP contribution in [0.2, 0.25) is 0 Å². The molecule has 4 aromatic carbocycles. The molecule has 3 heterocycles. The fourth-order valence-corrected chi connectivity index (χ4v) is 7.47. The van der Waals surface area contributed by atoms with E-state index in [1.165, 1.54) is 51.5 Å². The second kappa shape index (κ2) is 8.01. The lowest BCUT2D eigenvalue weighted by Gasteiger charge is -2.09. The Morgan fingerprint density at radius 3 is 2.34 bits per heavy atom. The van der Waals surface area contributed by atoms with Gasteiger partial charge < -0.3 is 0 Å². The zero-order valence-electron chi connectivity index (χ0n) is 20.5. The van der Waals surface area contributed by atoms with Crippen molar-refractivity contribution in [2.24, 2.45) is 0 Å². The van der Waals surface area contributed by atoms with Crippen molar-refractivity contribution in [1.29, 1.82) is 0 Å². The van der Waals surface area contributed by atoms with Crippen molar-refractivity contribution < 1.29 is 1.37 Å². The zero-order chi connectivity index (χ0) is 24.4. The SMILES string of the molecule is [2H]C(C)(C)c1ccnc(-c2cc3sc4ccccc4c3c3c2sc2cc(-c4ccccc4)ccc23)c1. The summed E-state index contributed by atoms with van der Waals surface area (Å²) in [5, 5.41) is 5.26. The first-order valence-corrected chi connectivity index (χ1v) is 13.4. The van der Waals surface area contributed by atoms with Crippen LogP contribution in [0.15, 0.2) is 97.2 Å². The van der Waals surface area contributed by atoms with Crippen LogP contribution in [0.1, 0.15) is 26.7 Å². The lowest BCUT2D eigenvalue weighted by Crippen LogP contribution is -1.91. The molecule has 7 aromatic rings. The molecule has 0 aliphatic rings. The fraction of sp³-hybridized carbons (Fsp3) is 0.0938. The van der Waals surface area contributed by atoms with Gasteiger partial charge in [-0.05, 0) is 52.9 Å². The molecule has 0 saturated carbocycles. The molecule has 0 amide bonds. The van der Waals surface area contributed by atoms with Gasteiger partial charge in [0.1, 0.15) is 0 Å². The van der Waals surface area contributed by atoms with E-state index in [1.807, 2.05) is 48.8 Å². The van der Waals surface area contributed by atoms with E-state index in [2.05, 4.69) is 84.9 Å². The third-order valence-electron chi connectivity index (χ3n) is 6.80. The molecule has 0 radical (unpaired) electrons. The second-order valence-corrected chi connectivity index (χ2v) is 11.3. The van der Waals surface area contributed by atoms with Gasteiger partial charge >= 0.3 is 0 Å². The maximum atomic E-state index is 8.57. The molecule has 0 N–H and O–H groups in total. The van der Waals surface area contributed by atoms with Crippen LogP contribution >= 0.6 is 22.7 Å². The summed E-state index contributed by atoms with van der Waals surface area (Å²) in [5.41, 5.74) is 5.53. The maximum Gasteiger partial charge on any atom is 0.0719 e. The van der Waals surface area contributed by atoms with Gasteiger partial charge in [-0.1, -0.05) is 74.5 Å². The van der Waals surface area contributed by atoms with Crippen molar-refractivity contribution in [2.75, 3.05) is 0 Å². The van der Waals surface area contributed by atoms with Crippen molar-refractivity contribution in [3.63, 3.8) is 0 Å². The Bertz CT molecular complexity index is 1920. The van der Waals surface area contributed by atoms with E-state index in [4.69, 9.17) is 6.35 Å². The monoisotopic (exact) mass is 486 g/mol. The summed E-state index contributed by atoms with van der Waals surface area (Å²) in [5.74, 6) is -0.677. The Hall–Kier alpha value is -3.53. The normalized spacial score (nSPS) is 12.7. The Balaban J connectivity index is 1.60. The number of benzene rings is 4. The molecule has 0 saturated heterocycles. The largest absolute Gasteiger partial charge is 0.256 e. The van der Waals surface area contributed by atoms with Gasteiger partial charge in [0, 0.05) is 53.5 Å². The quantitative estimate of drug-likeness (QED) is 0.242. The molecule has 0 aliphatic heterocycles. The highest BCUT2D eigenvalue weighted by Gasteiger charge is 2.19.